The minimum atomic E-state index is -0.286. The molecular weight excluding hydrogens is 226 g/mol. The first-order chi connectivity index (χ1) is 8.38. The van der Waals surface area contributed by atoms with Gasteiger partial charge in [0.2, 0.25) is 0 Å². The van der Waals surface area contributed by atoms with E-state index in [1.54, 1.807) is 0 Å². The molecule has 0 fully saturated rings. The third-order valence-corrected chi connectivity index (χ3v) is 3.54. The fourth-order valence-corrected chi connectivity index (χ4v) is 1.71. The predicted octanol–water partition coefficient (Wildman–Crippen LogP) is 2.27. The number of aryl methyl sites for hydroxylation is 1. The van der Waals surface area contributed by atoms with Crippen LogP contribution in [0.25, 0.3) is 0 Å². The molecule has 0 heterocycles. The van der Waals surface area contributed by atoms with E-state index in [1.807, 2.05) is 57.0 Å². The Morgan fingerprint density at radius 2 is 1.94 bits per heavy atom. The van der Waals surface area contributed by atoms with Crippen LogP contribution in [0.2, 0.25) is 0 Å². The molecule has 0 atom stereocenters. The first-order valence-corrected chi connectivity index (χ1v) is 6.29. The lowest BCUT2D eigenvalue weighted by Gasteiger charge is -2.33. The zero-order chi connectivity index (χ0) is 13.8. The number of rotatable bonds is 6. The molecule has 0 saturated heterocycles. The number of ketones is 1. The zero-order valence-electron chi connectivity index (χ0n) is 11.7. The van der Waals surface area contributed by atoms with Crippen molar-refractivity contribution in [3.8, 4) is 0 Å². The van der Waals surface area contributed by atoms with Crippen molar-refractivity contribution in [2.75, 3.05) is 20.2 Å². The largest absolute Gasteiger partial charge is 0.394 e. The van der Waals surface area contributed by atoms with Crippen LogP contribution in [0, 0.1) is 6.92 Å². The van der Waals surface area contributed by atoms with E-state index >= 15 is 0 Å². The Labute approximate surface area is 109 Å². The first-order valence-electron chi connectivity index (χ1n) is 6.29. The van der Waals surface area contributed by atoms with Gasteiger partial charge in [-0.2, -0.15) is 0 Å². The quantitative estimate of drug-likeness (QED) is 0.786. The molecule has 0 saturated carbocycles. The monoisotopic (exact) mass is 249 g/mol. The minimum Gasteiger partial charge on any atom is -0.394 e. The summed E-state index contributed by atoms with van der Waals surface area (Å²) in [7, 11) is 1.93. The van der Waals surface area contributed by atoms with Gasteiger partial charge in [-0.05, 0) is 33.4 Å². The van der Waals surface area contributed by atoms with Crippen molar-refractivity contribution < 1.29 is 9.90 Å². The number of hydrogen-bond donors (Lipinski definition) is 1. The second kappa shape index (κ2) is 6.12. The maximum atomic E-state index is 12.1. The zero-order valence-corrected chi connectivity index (χ0v) is 11.7. The van der Waals surface area contributed by atoms with Gasteiger partial charge in [0.05, 0.1) is 6.61 Å². The molecule has 0 spiro atoms. The highest BCUT2D eigenvalue weighted by Crippen LogP contribution is 2.14. The van der Waals surface area contributed by atoms with Crippen LogP contribution in [0.15, 0.2) is 24.3 Å². The van der Waals surface area contributed by atoms with Crippen LogP contribution in [0.4, 0.5) is 0 Å². The molecule has 0 aliphatic heterocycles. The standard InChI is InChI=1S/C15H23NO2/c1-12-7-5-6-8-13(12)14(18)9-10-16(4)15(2,3)11-17/h5-8,17H,9-11H2,1-4H3. The molecule has 0 aliphatic rings. The van der Waals surface area contributed by atoms with Crippen molar-refractivity contribution in [3.63, 3.8) is 0 Å². The van der Waals surface area contributed by atoms with Gasteiger partial charge < -0.3 is 5.11 Å². The van der Waals surface area contributed by atoms with Crippen molar-refractivity contribution >= 4 is 5.78 Å². The Balaban J connectivity index is 2.60. The Bertz CT molecular complexity index is 413. The highest BCUT2D eigenvalue weighted by Gasteiger charge is 2.22. The summed E-state index contributed by atoms with van der Waals surface area (Å²) in [6, 6.07) is 7.65. The molecule has 1 N–H and O–H groups in total. The number of benzene rings is 1. The number of likely N-dealkylation sites (N-methyl/N-ethyl adjacent to an activating group) is 1. The van der Waals surface area contributed by atoms with Crippen LogP contribution >= 0.6 is 0 Å². The van der Waals surface area contributed by atoms with Crippen molar-refractivity contribution in [3.05, 3.63) is 35.4 Å². The van der Waals surface area contributed by atoms with Gasteiger partial charge in [-0.25, -0.2) is 0 Å². The van der Waals surface area contributed by atoms with Crippen molar-refractivity contribution in [1.82, 2.24) is 4.90 Å². The fraction of sp³-hybridized carbons (Fsp3) is 0.533. The smallest absolute Gasteiger partial charge is 0.164 e. The van der Waals surface area contributed by atoms with Crippen LogP contribution in [0.1, 0.15) is 36.2 Å². The maximum Gasteiger partial charge on any atom is 0.164 e. The van der Waals surface area contributed by atoms with E-state index in [1.165, 1.54) is 0 Å². The molecule has 1 aromatic carbocycles. The molecule has 0 amide bonds. The van der Waals surface area contributed by atoms with Crippen molar-refractivity contribution in [2.24, 2.45) is 0 Å². The van der Waals surface area contributed by atoms with E-state index in [0.29, 0.717) is 13.0 Å². The number of aliphatic hydroxyl groups is 1. The molecule has 1 rings (SSSR count). The lowest BCUT2D eigenvalue weighted by atomic mass is 10.0. The minimum absolute atomic E-state index is 0.0854. The summed E-state index contributed by atoms with van der Waals surface area (Å²) < 4.78 is 0. The number of carbonyl (C=O) groups excluding carboxylic acids is 1. The Morgan fingerprint density at radius 1 is 1.33 bits per heavy atom. The number of Topliss-reactive ketones (excluding diaryl/α,β-unsaturated/α-hetero) is 1. The average Bonchev–Trinajstić information content (AvgIpc) is 2.36. The van der Waals surface area contributed by atoms with Gasteiger partial charge in [0, 0.05) is 24.1 Å². The summed E-state index contributed by atoms with van der Waals surface area (Å²) in [5.74, 6) is 0.161. The van der Waals surface area contributed by atoms with E-state index in [0.717, 1.165) is 11.1 Å². The summed E-state index contributed by atoms with van der Waals surface area (Å²) in [5, 5.41) is 9.26. The Morgan fingerprint density at radius 3 is 2.50 bits per heavy atom. The molecule has 3 heteroatoms. The lowest BCUT2D eigenvalue weighted by Crippen LogP contribution is -2.45. The summed E-state index contributed by atoms with van der Waals surface area (Å²) in [4.78, 5) is 14.1. The number of nitrogens with zero attached hydrogens (tertiary/aromatic N) is 1. The molecule has 3 nitrogen and oxygen atoms in total. The Kier molecular flexibility index (Phi) is 5.05. The second-order valence-electron chi connectivity index (χ2n) is 5.38. The molecule has 0 aromatic heterocycles. The van der Waals surface area contributed by atoms with Gasteiger partial charge in [0.25, 0.3) is 0 Å². The van der Waals surface area contributed by atoms with Gasteiger partial charge in [0.1, 0.15) is 0 Å². The van der Waals surface area contributed by atoms with E-state index in [4.69, 9.17) is 0 Å². The first kappa shape index (κ1) is 14.9. The van der Waals surface area contributed by atoms with Crippen molar-refractivity contribution in [1.29, 1.82) is 0 Å². The van der Waals surface area contributed by atoms with Crippen LogP contribution in [-0.2, 0) is 0 Å². The lowest BCUT2D eigenvalue weighted by molar-refractivity contribution is 0.0725. The van der Waals surface area contributed by atoms with Crippen LogP contribution in [0.5, 0.6) is 0 Å². The Hall–Kier alpha value is -1.19. The highest BCUT2D eigenvalue weighted by molar-refractivity contribution is 5.97. The molecule has 0 radical (unpaired) electrons. The van der Waals surface area contributed by atoms with Gasteiger partial charge >= 0.3 is 0 Å². The maximum absolute atomic E-state index is 12.1. The molecule has 100 valence electrons. The third kappa shape index (κ3) is 3.65. The van der Waals surface area contributed by atoms with Gasteiger partial charge in [-0.15, -0.1) is 0 Å². The SMILES string of the molecule is Cc1ccccc1C(=O)CCN(C)C(C)(C)CO. The molecule has 0 bridgehead atoms. The molecular formula is C15H23NO2. The highest BCUT2D eigenvalue weighted by atomic mass is 16.3. The fourth-order valence-electron chi connectivity index (χ4n) is 1.71. The molecule has 18 heavy (non-hydrogen) atoms. The van der Waals surface area contributed by atoms with E-state index < -0.39 is 0 Å². The van der Waals surface area contributed by atoms with Crippen molar-refractivity contribution in [2.45, 2.75) is 32.7 Å². The second-order valence-corrected chi connectivity index (χ2v) is 5.38. The topological polar surface area (TPSA) is 40.5 Å². The molecule has 0 unspecified atom stereocenters. The van der Waals surface area contributed by atoms with Gasteiger partial charge in [-0.3, -0.25) is 9.69 Å². The number of aliphatic hydroxyl groups excluding tert-OH is 1. The average molecular weight is 249 g/mol. The van der Waals surface area contributed by atoms with Crippen LogP contribution < -0.4 is 0 Å². The summed E-state index contributed by atoms with van der Waals surface area (Å²) in [5.41, 5.74) is 1.53. The molecule has 1 aromatic rings. The number of carbonyl (C=O) groups is 1. The molecule has 0 aliphatic carbocycles. The summed E-state index contributed by atoms with van der Waals surface area (Å²) in [6.07, 6.45) is 0.477. The van der Waals surface area contributed by atoms with Crippen LogP contribution in [-0.4, -0.2) is 41.5 Å². The van der Waals surface area contributed by atoms with E-state index in [2.05, 4.69) is 0 Å². The summed E-state index contributed by atoms with van der Waals surface area (Å²) in [6.45, 7) is 6.62. The predicted molar refractivity (Wildman–Crippen MR) is 73.9 cm³/mol. The van der Waals surface area contributed by atoms with E-state index in [9.17, 15) is 9.90 Å². The van der Waals surface area contributed by atoms with E-state index in [-0.39, 0.29) is 17.9 Å². The van der Waals surface area contributed by atoms with Gasteiger partial charge in [0.15, 0.2) is 5.78 Å². The normalized spacial score (nSPS) is 11.9. The number of hydrogen-bond acceptors (Lipinski definition) is 3. The van der Waals surface area contributed by atoms with Gasteiger partial charge in [-0.1, -0.05) is 24.3 Å². The third-order valence-electron chi connectivity index (χ3n) is 3.54. The van der Waals surface area contributed by atoms with Crippen LogP contribution in [0.3, 0.4) is 0 Å². The summed E-state index contributed by atoms with van der Waals surface area (Å²) >= 11 is 0.